The van der Waals surface area contributed by atoms with E-state index < -0.39 is 69.9 Å². The van der Waals surface area contributed by atoms with Crippen LogP contribution < -0.4 is 10.6 Å². The fraction of sp³-hybridized carbons (Fsp3) is 0.500. The summed E-state index contributed by atoms with van der Waals surface area (Å²) in [5.74, 6) is -3.53. The van der Waals surface area contributed by atoms with E-state index in [4.69, 9.17) is 25.8 Å². The Morgan fingerprint density at radius 1 is 1.31 bits per heavy atom. The highest BCUT2D eigenvalue weighted by Gasteiger charge is 2.61. The largest absolute Gasteiger partial charge is 0.614 e. The Labute approximate surface area is 254 Å². The van der Waals surface area contributed by atoms with Crippen molar-refractivity contribution in [1.82, 2.24) is 15.2 Å². The number of carbonyl (C=O) groups excluding carboxylic acids is 5. The van der Waals surface area contributed by atoms with E-state index in [1.54, 1.807) is 27.7 Å². The third kappa shape index (κ3) is 7.37. The van der Waals surface area contributed by atoms with E-state index in [0.717, 1.165) is 32.3 Å². The molecular weight excluding hydrogens is 615 g/mol. The molecule has 42 heavy (non-hydrogen) atoms. The maximum Gasteiger partial charge on any atom is 0.413 e. The van der Waals surface area contributed by atoms with E-state index >= 15 is 0 Å². The number of carbonyl (C=O) groups is 5. The summed E-state index contributed by atoms with van der Waals surface area (Å²) in [7, 11) is 2.29. The van der Waals surface area contributed by atoms with Gasteiger partial charge in [-0.25, -0.2) is 19.4 Å². The molecule has 1 saturated heterocycles. The van der Waals surface area contributed by atoms with Gasteiger partial charge in [-0.05, 0) is 38.4 Å². The van der Waals surface area contributed by atoms with Gasteiger partial charge in [-0.3, -0.25) is 19.8 Å². The minimum absolute atomic E-state index is 0.0560. The smallest absolute Gasteiger partial charge is 0.413 e. The first-order valence-electron chi connectivity index (χ1n) is 12.4. The molecule has 1 aromatic rings. The standard InChI is InChI=1S/C22H28B2ClN5O10S2/c1-5-11(18(33)38-23)40-29-12(10-7-41-20(26-10)28-21(35)37-22(2,3)4)15(31)27-13-16(32)30-14(19(34)39-24)9(6-25)8-42(36)17(13)30/h7,11,13,17H,5-6,8,23-24H2,1-4H3,(H,27,31)(H,26,28,35)/b29-12-/t11-,13-,17-,42?/m1/s1. The second kappa shape index (κ2) is 13.8. The van der Waals surface area contributed by atoms with Crippen molar-refractivity contribution in [3.63, 3.8) is 0 Å². The Morgan fingerprint density at radius 3 is 2.57 bits per heavy atom. The summed E-state index contributed by atoms with van der Waals surface area (Å²) in [6, 6.07) is -1.30. The number of anilines is 1. The average molecular weight is 644 g/mol. The van der Waals surface area contributed by atoms with Crippen LogP contribution in [-0.2, 0) is 49.2 Å². The molecular formula is C22H28B2ClN5O10S2. The molecule has 1 unspecified atom stereocenters. The maximum absolute atomic E-state index is 13.4. The van der Waals surface area contributed by atoms with Crippen LogP contribution in [0.5, 0.6) is 0 Å². The molecule has 20 heteroatoms. The SMILES string of the molecule is BOC(=O)C1=C(CCl)C[S+]([O-])[C@@H]2[C@H](NC(=O)/C(=N\O[C@H](CC)C(=O)OB)c3csc(NC(=O)OC(C)(C)C)n3)C(=O)N12. The number of nitrogens with one attached hydrogen (secondary N) is 2. The summed E-state index contributed by atoms with van der Waals surface area (Å²) in [4.78, 5) is 73.6. The molecule has 15 nitrogen and oxygen atoms in total. The third-order valence-electron chi connectivity index (χ3n) is 5.71. The number of ether oxygens (including phenoxy) is 1. The van der Waals surface area contributed by atoms with Crippen LogP contribution >= 0.6 is 22.9 Å². The average Bonchev–Trinajstić information content (AvgIpc) is 3.38. The van der Waals surface area contributed by atoms with Crippen LogP contribution in [0.2, 0.25) is 0 Å². The lowest BCUT2D eigenvalue weighted by Gasteiger charge is -2.49. The first-order valence-corrected chi connectivity index (χ1v) is 15.2. The summed E-state index contributed by atoms with van der Waals surface area (Å²) in [5, 5.41) is 9.10. The molecule has 226 valence electrons. The summed E-state index contributed by atoms with van der Waals surface area (Å²) in [6.45, 7) is 6.67. The van der Waals surface area contributed by atoms with Gasteiger partial charge in [0.05, 0.1) is 5.88 Å². The van der Waals surface area contributed by atoms with Gasteiger partial charge in [0.15, 0.2) is 16.9 Å². The van der Waals surface area contributed by atoms with Gasteiger partial charge in [0.2, 0.25) is 11.5 Å². The Bertz CT molecular complexity index is 1320. The summed E-state index contributed by atoms with van der Waals surface area (Å²) >= 11 is 5.14. The number of nitrogens with zero attached hydrogens (tertiary/aromatic N) is 3. The Morgan fingerprint density at radius 2 is 2.00 bits per heavy atom. The fourth-order valence-electron chi connectivity index (χ4n) is 3.82. The molecule has 2 aliphatic heterocycles. The topological polar surface area (TPSA) is 198 Å². The van der Waals surface area contributed by atoms with Gasteiger partial charge in [-0.1, -0.05) is 12.1 Å². The van der Waals surface area contributed by atoms with Crippen molar-refractivity contribution in [2.75, 3.05) is 16.9 Å². The summed E-state index contributed by atoms with van der Waals surface area (Å²) < 4.78 is 27.6. The molecule has 0 spiro atoms. The number of β-lactam (4-membered cyclic amide) rings is 1. The van der Waals surface area contributed by atoms with Gasteiger partial charge in [0.25, 0.3) is 11.8 Å². The van der Waals surface area contributed by atoms with Crippen LogP contribution in [0.15, 0.2) is 21.8 Å². The number of fused-ring (bicyclic) bond motifs is 1. The van der Waals surface area contributed by atoms with Crippen molar-refractivity contribution in [1.29, 1.82) is 0 Å². The van der Waals surface area contributed by atoms with E-state index in [2.05, 4.69) is 25.4 Å². The highest BCUT2D eigenvalue weighted by atomic mass is 35.5. The fourth-order valence-corrected chi connectivity index (χ4v) is 6.52. The predicted molar refractivity (Wildman–Crippen MR) is 156 cm³/mol. The molecule has 3 rings (SSSR count). The molecule has 0 radical (unpaired) electrons. The number of hydrogen-bond donors (Lipinski definition) is 2. The molecule has 0 aromatic carbocycles. The summed E-state index contributed by atoms with van der Waals surface area (Å²) in [6.07, 6.45) is -1.80. The van der Waals surface area contributed by atoms with Crippen molar-refractivity contribution in [2.45, 2.75) is 57.2 Å². The van der Waals surface area contributed by atoms with Crippen molar-refractivity contribution in [2.24, 2.45) is 5.16 Å². The highest BCUT2D eigenvalue weighted by molar-refractivity contribution is 7.92. The Hall–Kier alpha value is -3.28. The van der Waals surface area contributed by atoms with Gasteiger partial charge in [-0.2, -0.15) is 0 Å². The molecule has 0 bridgehead atoms. The third-order valence-corrected chi connectivity index (χ3v) is 8.44. The molecule has 0 aliphatic carbocycles. The zero-order valence-corrected chi connectivity index (χ0v) is 25.9. The minimum atomic E-state index is -1.72. The van der Waals surface area contributed by atoms with Crippen LogP contribution in [0, 0.1) is 0 Å². The lowest BCUT2D eigenvalue weighted by molar-refractivity contribution is -0.149. The normalized spacial score (nSPS) is 21.0. The number of hydrogen-bond acceptors (Lipinski definition) is 13. The van der Waals surface area contributed by atoms with Gasteiger partial charge >= 0.3 is 34.1 Å². The highest BCUT2D eigenvalue weighted by Crippen LogP contribution is 2.37. The molecule has 3 heterocycles. The number of alkyl halides is 1. The zero-order valence-electron chi connectivity index (χ0n) is 23.5. The predicted octanol–water partition coefficient (Wildman–Crippen LogP) is -0.920. The van der Waals surface area contributed by atoms with Crippen LogP contribution in [0.25, 0.3) is 0 Å². The Balaban J connectivity index is 1.88. The minimum Gasteiger partial charge on any atom is -0.614 e. The van der Waals surface area contributed by atoms with Gasteiger partial charge in [-0.15, -0.1) is 22.9 Å². The Kier molecular flexibility index (Phi) is 10.9. The summed E-state index contributed by atoms with van der Waals surface area (Å²) in [5.41, 5.74) is -1.15. The lowest BCUT2D eigenvalue weighted by Crippen LogP contribution is -2.75. The van der Waals surface area contributed by atoms with Crippen LogP contribution in [0.4, 0.5) is 9.93 Å². The molecule has 1 aromatic heterocycles. The first-order chi connectivity index (χ1) is 19.8. The number of thiazole rings is 1. The van der Waals surface area contributed by atoms with Gasteiger partial charge in [0.1, 0.15) is 22.7 Å². The monoisotopic (exact) mass is 643 g/mol. The number of oxime groups is 1. The van der Waals surface area contributed by atoms with Gasteiger partial charge in [0, 0.05) is 11.0 Å². The van der Waals surface area contributed by atoms with Crippen LogP contribution in [0.1, 0.15) is 39.8 Å². The van der Waals surface area contributed by atoms with E-state index in [1.165, 1.54) is 5.38 Å². The van der Waals surface area contributed by atoms with Crippen molar-refractivity contribution in [3.8, 4) is 0 Å². The van der Waals surface area contributed by atoms with Crippen LogP contribution in [0.3, 0.4) is 0 Å². The van der Waals surface area contributed by atoms with E-state index in [0.29, 0.717) is 0 Å². The number of rotatable bonds is 10. The molecule has 2 aliphatic rings. The van der Waals surface area contributed by atoms with Crippen LogP contribution in [-0.4, -0.2) is 101 Å². The maximum atomic E-state index is 13.4. The number of amides is 3. The van der Waals surface area contributed by atoms with Crippen molar-refractivity contribution < 1.29 is 47.4 Å². The molecule has 4 atom stereocenters. The van der Waals surface area contributed by atoms with Gasteiger partial charge < -0.3 is 28.8 Å². The van der Waals surface area contributed by atoms with Crippen molar-refractivity contribution in [3.05, 3.63) is 22.3 Å². The molecule has 2 N–H and O–H groups in total. The molecule has 0 saturated carbocycles. The lowest BCUT2D eigenvalue weighted by atomic mass is 10.0. The zero-order chi connectivity index (χ0) is 31.4. The quantitative estimate of drug-likeness (QED) is 0.0799. The van der Waals surface area contributed by atoms with E-state index in [9.17, 15) is 28.5 Å². The number of aromatic nitrogens is 1. The van der Waals surface area contributed by atoms with E-state index in [1.807, 2.05) is 0 Å². The molecule has 3 amide bonds. The van der Waals surface area contributed by atoms with Crippen molar-refractivity contribution >= 4 is 90.9 Å². The second-order valence-electron chi connectivity index (χ2n) is 9.78. The second-order valence-corrected chi connectivity index (χ2v) is 12.4. The van der Waals surface area contributed by atoms with E-state index in [-0.39, 0.29) is 40.1 Å². The molecule has 1 fully saturated rings. The number of halogens is 1. The first kappa shape index (κ1) is 33.2.